The Kier molecular flexibility index (Phi) is 3.05. The molecule has 4 aliphatic carbocycles. The Bertz CT molecular complexity index is 857. The molecule has 2 aliphatic heterocycles. The van der Waals surface area contributed by atoms with Gasteiger partial charge in [0, 0.05) is 29.6 Å². The molecule has 0 aromatic rings. The number of esters is 1. The highest BCUT2D eigenvalue weighted by Crippen LogP contribution is 2.75. The third-order valence-electron chi connectivity index (χ3n) is 10.2. The fourth-order valence-electron chi connectivity index (χ4n) is 8.61. The van der Waals surface area contributed by atoms with E-state index in [2.05, 4.69) is 20.4 Å². The summed E-state index contributed by atoms with van der Waals surface area (Å²) in [6.07, 6.45) is 10.1. The van der Waals surface area contributed by atoms with Gasteiger partial charge in [-0.1, -0.05) is 26.0 Å². The van der Waals surface area contributed by atoms with E-state index in [-0.39, 0.29) is 40.0 Å². The average molecular weight is 383 g/mol. The third kappa shape index (κ3) is 1.68. The normalized spacial score (nSPS) is 54.0. The van der Waals surface area contributed by atoms with Gasteiger partial charge in [0.05, 0.1) is 11.7 Å². The molecule has 0 radical (unpaired) electrons. The van der Waals surface area contributed by atoms with E-state index in [9.17, 15) is 9.59 Å². The van der Waals surface area contributed by atoms with E-state index in [0.717, 1.165) is 50.7 Å². The Balaban J connectivity index is 1.48. The van der Waals surface area contributed by atoms with Gasteiger partial charge in [-0.2, -0.15) is 0 Å². The molecule has 0 aromatic heterocycles. The van der Waals surface area contributed by atoms with Crippen LogP contribution in [0.15, 0.2) is 24.0 Å². The zero-order valence-corrected chi connectivity index (χ0v) is 17.0. The quantitative estimate of drug-likeness (QED) is 0.580. The van der Waals surface area contributed by atoms with Crippen molar-refractivity contribution >= 4 is 11.8 Å². The molecule has 3 saturated carbocycles. The van der Waals surface area contributed by atoms with Crippen LogP contribution in [0.3, 0.4) is 0 Å². The van der Waals surface area contributed by atoms with Crippen molar-refractivity contribution in [3.8, 4) is 0 Å². The molecule has 2 bridgehead atoms. The van der Waals surface area contributed by atoms with Gasteiger partial charge in [-0.15, -0.1) is 0 Å². The lowest BCUT2D eigenvalue weighted by atomic mass is 9.43. The molecule has 0 aromatic carbocycles. The van der Waals surface area contributed by atoms with Crippen LogP contribution in [-0.2, 0) is 19.1 Å². The van der Waals surface area contributed by atoms with E-state index in [1.54, 1.807) is 0 Å². The standard InChI is InChI=1S/C24H30O4/c1-14-4-8-23(27-14)9-6-18-19-17-13-15-12-16(25)5-7-21(15,2)24(19,28-20(17)26)11-10-22(18,23)3/h12,17-19H,1,4-11,13H2,2-3H3/t17-,18?,19?,21-,22-,23+,24-/m0/s1. The van der Waals surface area contributed by atoms with Crippen LogP contribution in [-0.4, -0.2) is 23.0 Å². The van der Waals surface area contributed by atoms with Gasteiger partial charge in [0.25, 0.3) is 0 Å². The van der Waals surface area contributed by atoms with Gasteiger partial charge in [0.2, 0.25) is 0 Å². The van der Waals surface area contributed by atoms with Gasteiger partial charge in [0.15, 0.2) is 5.78 Å². The molecule has 2 saturated heterocycles. The molecule has 150 valence electrons. The first-order chi connectivity index (χ1) is 13.2. The summed E-state index contributed by atoms with van der Waals surface area (Å²) in [5.41, 5.74) is 0.543. The van der Waals surface area contributed by atoms with Gasteiger partial charge < -0.3 is 9.47 Å². The Hall–Kier alpha value is -1.58. The molecular formula is C24H30O4. The number of carbonyl (C=O) groups excluding carboxylic acids is 2. The summed E-state index contributed by atoms with van der Waals surface area (Å²) in [6.45, 7) is 8.80. The molecule has 7 atom stereocenters. The smallest absolute Gasteiger partial charge is 0.310 e. The third-order valence-corrected chi connectivity index (χ3v) is 10.2. The monoisotopic (exact) mass is 382 g/mol. The van der Waals surface area contributed by atoms with E-state index in [1.807, 2.05) is 6.08 Å². The van der Waals surface area contributed by atoms with Gasteiger partial charge in [0.1, 0.15) is 11.2 Å². The zero-order chi connectivity index (χ0) is 19.5. The van der Waals surface area contributed by atoms with Crippen LogP contribution < -0.4 is 0 Å². The highest BCUT2D eigenvalue weighted by molar-refractivity contribution is 5.92. The lowest BCUT2D eigenvalue weighted by molar-refractivity contribution is -0.196. The van der Waals surface area contributed by atoms with E-state index >= 15 is 0 Å². The number of fused-ring (bicyclic) bond motifs is 3. The molecule has 0 N–H and O–H groups in total. The highest BCUT2D eigenvalue weighted by atomic mass is 16.6. The van der Waals surface area contributed by atoms with Crippen LogP contribution in [0.2, 0.25) is 0 Å². The number of hydrogen-bond donors (Lipinski definition) is 0. The first-order valence-corrected chi connectivity index (χ1v) is 11.1. The molecule has 2 unspecified atom stereocenters. The molecule has 5 fully saturated rings. The van der Waals surface area contributed by atoms with Crippen molar-refractivity contribution in [2.45, 2.75) is 82.8 Å². The fourth-order valence-corrected chi connectivity index (χ4v) is 8.61. The Morgan fingerprint density at radius 1 is 1.04 bits per heavy atom. The predicted molar refractivity (Wildman–Crippen MR) is 103 cm³/mol. The number of carbonyl (C=O) groups is 2. The minimum absolute atomic E-state index is 0.0177. The Labute approximate surface area is 166 Å². The van der Waals surface area contributed by atoms with Crippen LogP contribution in [0.5, 0.6) is 0 Å². The number of ether oxygens (including phenoxy) is 2. The van der Waals surface area contributed by atoms with E-state index < -0.39 is 5.60 Å². The number of ketones is 1. The number of hydrogen-bond acceptors (Lipinski definition) is 4. The van der Waals surface area contributed by atoms with Gasteiger partial charge in [-0.05, 0) is 56.9 Å². The molecule has 6 rings (SSSR count). The van der Waals surface area contributed by atoms with Gasteiger partial charge in [-0.25, -0.2) is 0 Å². The van der Waals surface area contributed by atoms with Crippen LogP contribution in [0, 0.1) is 28.6 Å². The Morgan fingerprint density at radius 3 is 2.61 bits per heavy atom. The SMILES string of the molecule is C=C1CC[C@]2(CCC3C4[C@@H]5CC6=CC(=O)CC[C@]6(C)[C@@]4(CC[C@@]32C)OC5=O)O1. The van der Waals surface area contributed by atoms with E-state index in [1.165, 1.54) is 5.57 Å². The summed E-state index contributed by atoms with van der Waals surface area (Å²) in [4.78, 5) is 25.2. The molecule has 2 heterocycles. The van der Waals surface area contributed by atoms with Gasteiger partial charge in [-0.3, -0.25) is 9.59 Å². The summed E-state index contributed by atoms with van der Waals surface area (Å²) in [6, 6.07) is 0. The number of rotatable bonds is 0. The summed E-state index contributed by atoms with van der Waals surface area (Å²) in [5.74, 6) is 1.74. The summed E-state index contributed by atoms with van der Waals surface area (Å²) in [7, 11) is 0. The van der Waals surface area contributed by atoms with Crippen molar-refractivity contribution in [2.24, 2.45) is 28.6 Å². The topological polar surface area (TPSA) is 52.6 Å². The molecule has 4 nitrogen and oxygen atoms in total. The Morgan fingerprint density at radius 2 is 1.86 bits per heavy atom. The number of allylic oxidation sites excluding steroid dienone is 1. The molecular weight excluding hydrogens is 352 g/mol. The van der Waals surface area contributed by atoms with E-state index in [0.29, 0.717) is 18.8 Å². The van der Waals surface area contributed by atoms with E-state index in [4.69, 9.17) is 9.47 Å². The fraction of sp³-hybridized carbons (Fsp3) is 0.750. The van der Waals surface area contributed by atoms with Crippen molar-refractivity contribution in [2.75, 3.05) is 0 Å². The van der Waals surface area contributed by atoms with Gasteiger partial charge >= 0.3 is 5.97 Å². The maximum Gasteiger partial charge on any atom is 0.310 e. The molecule has 1 spiro atoms. The first-order valence-electron chi connectivity index (χ1n) is 11.1. The lowest BCUT2D eigenvalue weighted by Crippen LogP contribution is -2.64. The van der Waals surface area contributed by atoms with Crippen molar-refractivity contribution in [3.63, 3.8) is 0 Å². The summed E-state index contributed by atoms with van der Waals surface area (Å²) in [5, 5.41) is 0. The zero-order valence-electron chi connectivity index (χ0n) is 17.0. The second kappa shape index (κ2) is 4.94. The predicted octanol–water partition coefficient (Wildman–Crippen LogP) is 4.49. The van der Waals surface area contributed by atoms with Crippen molar-refractivity contribution in [1.82, 2.24) is 0 Å². The highest BCUT2D eigenvalue weighted by Gasteiger charge is 2.77. The molecule has 4 heteroatoms. The lowest BCUT2D eigenvalue weighted by Gasteiger charge is -2.62. The van der Waals surface area contributed by atoms with Crippen molar-refractivity contribution in [3.05, 3.63) is 24.0 Å². The summed E-state index contributed by atoms with van der Waals surface area (Å²) >= 11 is 0. The first kappa shape index (κ1) is 17.3. The van der Waals surface area contributed by atoms with Crippen molar-refractivity contribution < 1.29 is 19.1 Å². The van der Waals surface area contributed by atoms with Crippen LogP contribution in [0.25, 0.3) is 0 Å². The summed E-state index contributed by atoms with van der Waals surface area (Å²) < 4.78 is 12.8. The minimum atomic E-state index is -0.426. The molecule has 0 amide bonds. The van der Waals surface area contributed by atoms with Crippen LogP contribution in [0.4, 0.5) is 0 Å². The second-order valence-corrected chi connectivity index (χ2v) is 10.8. The van der Waals surface area contributed by atoms with Crippen LogP contribution in [0.1, 0.15) is 71.6 Å². The maximum absolute atomic E-state index is 13.1. The van der Waals surface area contributed by atoms with Crippen LogP contribution >= 0.6 is 0 Å². The molecule has 6 aliphatic rings. The van der Waals surface area contributed by atoms with Crippen molar-refractivity contribution in [1.29, 1.82) is 0 Å². The molecule has 28 heavy (non-hydrogen) atoms. The minimum Gasteiger partial charge on any atom is -0.492 e. The average Bonchev–Trinajstić information content (AvgIpc) is 3.24. The second-order valence-electron chi connectivity index (χ2n) is 10.8. The largest absolute Gasteiger partial charge is 0.492 e. The maximum atomic E-state index is 13.1.